The van der Waals surface area contributed by atoms with E-state index in [-0.39, 0.29) is 16.6 Å². The summed E-state index contributed by atoms with van der Waals surface area (Å²) in [4.78, 5) is 3.48. The first-order chi connectivity index (χ1) is 8.02. The number of halogens is 4. The molecule has 0 aliphatic heterocycles. The van der Waals surface area contributed by atoms with Gasteiger partial charge in [-0.3, -0.25) is 5.84 Å². The van der Waals surface area contributed by atoms with Crippen LogP contribution in [0.4, 0.5) is 23.2 Å². The zero-order valence-electron chi connectivity index (χ0n) is 8.35. The van der Waals surface area contributed by atoms with Crippen molar-refractivity contribution in [2.24, 2.45) is 5.84 Å². The quantitative estimate of drug-likeness (QED) is 0.486. The number of rotatable bonds is 2. The number of nitrogen functional groups attached to an aromatic ring is 1. The Morgan fingerprint density at radius 2 is 1.88 bits per heavy atom. The minimum absolute atomic E-state index is 0.0669. The molecule has 0 bridgehead atoms. The molecule has 3 N–H and O–H groups in total. The molecular weight excluding hydrogens is 238 g/mol. The van der Waals surface area contributed by atoms with Gasteiger partial charge in [0.05, 0.1) is 16.6 Å². The number of hydrazine groups is 1. The molecule has 0 unspecified atom stereocenters. The molecule has 0 saturated carbocycles. The second kappa shape index (κ2) is 4.17. The fraction of sp³-hybridized carbons (Fsp3) is 0.100. The summed E-state index contributed by atoms with van der Waals surface area (Å²) in [6, 6.07) is 2.42. The van der Waals surface area contributed by atoms with Crippen LogP contribution in [0.1, 0.15) is 12.1 Å². The third kappa shape index (κ3) is 2.01. The van der Waals surface area contributed by atoms with Crippen molar-refractivity contribution in [3.63, 3.8) is 0 Å². The molecule has 7 heteroatoms. The van der Waals surface area contributed by atoms with Gasteiger partial charge in [-0.15, -0.1) is 0 Å². The first-order valence-corrected chi connectivity index (χ1v) is 4.57. The molecule has 0 spiro atoms. The Bertz CT molecular complexity index is 571. The number of benzene rings is 1. The van der Waals surface area contributed by atoms with Crippen molar-refractivity contribution in [1.82, 2.24) is 4.98 Å². The van der Waals surface area contributed by atoms with Crippen LogP contribution in [0.15, 0.2) is 18.2 Å². The van der Waals surface area contributed by atoms with Crippen LogP contribution < -0.4 is 11.3 Å². The molecule has 1 aromatic heterocycles. The summed E-state index contributed by atoms with van der Waals surface area (Å²) in [7, 11) is 0. The first-order valence-electron chi connectivity index (χ1n) is 4.57. The number of nitrogens with zero attached hydrogens (tertiary/aromatic N) is 1. The van der Waals surface area contributed by atoms with Crippen molar-refractivity contribution in [2.45, 2.75) is 6.43 Å². The molecular formula is C10H7F4N3. The maximum atomic E-state index is 13.5. The van der Waals surface area contributed by atoms with E-state index in [4.69, 9.17) is 5.84 Å². The molecule has 0 saturated heterocycles. The highest BCUT2D eigenvalue weighted by atomic mass is 19.3. The van der Waals surface area contributed by atoms with Gasteiger partial charge in [0.25, 0.3) is 6.43 Å². The Morgan fingerprint density at radius 1 is 1.18 bits per heavy atom. The number of nitrogens with two attached hydrogens (primary N) is 1. The van der Waals surface area contributed by atoms with Gasteiger partial charge in [0.2, 0.25) is 0 Å². The van der Waals surface area contributed by atoms with Crippen LogP contribution in [-0.2, 0) is 0 Å². The normalized spacial score (nSPS) is 11.2. The van der Waals surface area contributed by atoms with Gasteiger partial charge >= 0.3 is 0 Å². The first kappa shape index (κ1) is 11.6. The summed E-state index contributed by atoms with van der Waals surface area (Å²) >= 11 is 0. The third-order valence-electron chi connectivity index (χ3n) is 2.22. The summed E-state index contributed by atoms with van der Waals surface area (Å²) in [5.41, 5.74) is 1.21. The van der Waals surface area contributed by atoms with E-state index in [0.29, 0.717) is 6.07 Å². The van der Waals surface area contributed by atoms with E-state index in [2.05, 4.69) is 10.4 Å². The molecule has 3 nitrogen and oxygen atoms in total. The standard InChI is InChI=1S/C10H7F4N3/c11-4-1-5(12)9-6(2-4)16-8(10(13)14)3-7(9)17-15/h1-3,10H,15H2,(H,16,17). The van der Waals surface area contributed by atoms with Crippen molar-refractivity contribution in [1.29, 1.82) is 0 Å². The number of hydrogen-bond donors (Lipinski definition) is 2. The fourth-order valence-electron chi connectivity index (χ4n) is 1.53. The van der Waals surface area contributed by atoms with Crippen LogP contribution in [0.3, 0.4) is 0 Å². The lowest BCUT2D eigenvalue weighted by molar-refractivity contribution is 0.146. The van der Waals surface area contributed by atoms with Gasteiger partial charge in [-0.05, 0) is 6.07 Å². The molecule has 0 fully saturated rings. The highest BCUT2D eigenvalue weighted by molar-refractivity contribution is 5.91. The Kier molecular flexibility index (Phi) is 2.84. The van der Waals surface area contributed by atoms with Crippen LogP contribution in [0, 0.1) is 11.6 Å². The summed E-state index contributed by atoms with van der Waals surface area (Å²) in [5, 5.41) is -0.127. The molecule has 90 valence electrons. The van der Waals surface area contributed by atoms with E-state index < -0.39 is 23.8 Å². The van der Waals surface area contributed by atoms with Gasteiger partial charge in [-0.1, -0.05) is 0 Å². The fourth-order valence-corrected chi connectivity index (χ4v) is 1.53. The maximum absolute atomic E-state index is 13.5. The maximum Gasteiger partial charge on any atom is 0.280 e. The molecule has 2 rings (SSSR count). The second-order valence-corrected chi connectivity index (χ2v) is 3.32. The van der Waals surface area contributed by atoms with E-state index in [1.54, 1.807) is 0 Å². The van der Waals surface area contributed by atoms with Gasteiger partial charge in [0.15, 0.2) is 0 Å². The van der Waals surface area contributed by atoms with E-state index in [0.717, 1.165) is 12.1 Å². The van der Waals surface area contributed by atoms with Crippen molar-refractivity contribution < 1.29 is 17.6 Å². The van der Waals surface area contributed by atoms with E-state index in [9.17, 15) is 17.6 Å². The SMILES string of the molecule is NNc1cc(C(F)F)nc2cc(F)cc(F)c12. The third-order valence-corrected chi connectivity index (χ3v) is 2.22. The van der Waals surface area contributed by atoms with E-state index >= 15 is 0 Å². The lowest BCUT2D eigenvalue weighted by Crippen LogP contribution is -2.09. The highest BCUT2D eigenvalue weighted by Crippen LogP contribution is 2.29. The summed E-state index contributed by atoms with van der Waals surface area (Å²) in [5.74, 6) is 3.30. The minimum Gasteiger partial charge on any atom is -0.323 e. The van der Waals surface area contributed by atoms with Gasteiger partial charge in [-0.2, -0.15) is 0 Å². The molecule has 1 heterocycles. The van der Waals surface area contributed by atoms with Crippen molar-refractivity contribution in [2.75, 3.05) is 5.43 Å². The zero-order valence-corrected chi connectivity index (χ0v) is 8.35. The zero-order chi connectivity index (χ0) is 12.6. The number of fused-ring (bicyclic) bond motifs is 1. The average molecular weight is 245 g/mol. The molecule has 0 aliphatic carbocycles. The predicted octanol–water partition coefficient (Wildman–Crippen LogP) is 2.74. The molecule has 0 radical (unpaired) electrons. The molecule has 1 aromatic carbocycles. The number of aromatic nitrogens is 1. The Hall–Kier alpha value is -1.89. The monoisotopic (exact) mass is 245 g/mol. The van der Waals surface area contributed by atoms with E-state index in [1.165, 1.54) is 0 Å². The van der Waals surface area contributed by atoms with E-state index in [1.807, 2.05) is 0 Å². The molecule has 2 aromatic rings. The lowest BCUT2D eigenvalue weighted by atomic mass is 10.1. The Balaban J connectivity index is 2.82. The number of alkyl halides is 2. The highest BCUT2D eigenvalue weighted by Gasteiger charge is 2.16. The molecule has 0 atom stereocenters. The second-order valence-electron chi connectivity index (χ2n) is 3.32. The number of nitrogens with one attached hydrogen (secondary N) is 1. The van der Waals surface area contributed by atoms with Crippen molar-refractivity contribution in [3.8, 4) is 0 Å². The summed E-state index contributed by atoms with van der Waals surface area (Å²) < 4.78 is 51.4. The van der Waals surface area contributed by atoms with Gasteiger partial charge in [0.1, 0.15) is 17.3 Å². The summed E-state index contributed by atoms with van der Waals surface area (Å²) in [6.07, 6.45) is -2.85. The summed E-state index contributed by atoms with van der Waals surface area (Å²) in [6.45, 7) is 0. The number of pyridine rings is 1. The molecule has 0 aliphatic rings. The van der Waals surface area contributed by atoms with Crippen LogP contribution in [0.2, 0.25) is 0 Å². The Labute approximate surface area is 93.2 Å². The van der Waals surface area contributed by atoms with Crippen LogP contribution in [0.25, 0.3) is 10.9 Å². The minimum atomic E-state index is -2.85. The van der Waals surface area contributed by atoms with Crippen molar-refractivity contribution >= 4 is 16.6 Å². The van der Waals surface area contributed by atoms with Crippen LogP contribution in [-0.4, -0.2) is 4.98 Å². The van der Waals surface area contributed by atoms with Crippen molar-refractivity contribution in [3.05, 3.63) is 35.5 Å². The van der Waals surface area contributed by atoms with Crippen LogP contribution in [0.5, 0.6) is 0 Å². The average Bonchev–Trinajstić information content (AvgIpc) is 2.26. The smallest absolute Gasteiger partial charge is 0.280 e. The lowest BCUT2D eigenvalue weighted by Gasteiger charge is -2.09. The molecule has 0 amide bonds. The number of anilines is 1. The van der Waals surface area contributed by atoms with Gasteiger partial charge in [-0.25, -0.2) is 22.5 Å². The van der Waals surface area contributed by atoms with Crippen LogP contribution >= 0.6 is 0 Å². The number of hydrogen-bond acceptors (Lipinski definition) is 3. The Morgan fingerprint density at radius 3 is 2.47 bits per heavy atom. The van der Waals surface area contributed by atoms with Gasteiger partial charge in [0, 0.05) is 12.1 Å². The largest absolute Gasteiger partial charge is 0.323 e. The topological polar surface area (TPSA) is 50.9 Å². The molecule has 17 heavy (non-hydrogen) atoms. The predicted molar refractivity (Wildman–Crippen MR) is 54.4 cm³/mol. The van der Waals surface area contributed by atoms with Gasteiger partial charge < -0.3 is 5.43 Å².